The lowest BCUT2D eigenvalue weighted by atomic mass is 10.1. The van der Waals surface area contributed by atoms with Gasteiger partial charge in [-0.3, -0.25) is 0 Å². The molecule has 0 saturated heterocycles. The fourth-order valence-electron chi connectivity index (χ4n) is 1.45. The third-order valence-corrected chi connectivity index (χ3v) is 5.64. The second-order valence-electron chi connectivity index (χ2n) is 4.96. The number of sulfonamides is 1. The minimum absolute atomic E-state index is 0.0123. The summed E-state index contributed by atoms with van der Waals surface area (Å²) in [6.45, 7) is 5.50. The highest BCUT2D eigenvalue weighted by molar-refractivity contribution is 7.91. The molecule has 0 fully saturated rings. The number of nitrogens with two attached hydrogens (primary N) is 1. The number of carbonyl (C=O) groups excluding carboxylic acids is 1. The third kappa shape index (κ3) is 4.27. The first-order valence-corrected chi connectivity index (χ1v) is 8.34. The molecule has 0 unspecified atom stereocenters. The molecule has 1 aromatic rings. The molecule has 20 heavy (non-hydrogen) atoms. The average Bonchev–Trinajstić information content (AvgIpc) is 2.70. The van der Waals surface area contributed by atoms with Crippen LogP contribution in [0.4, 0.5) is 0 Å². The van der Waals surface area contributed by atoms with Crippen LogP contribution in [0.5, 0.6) is 0 Å². The van der Waals surface area contributed by atoms with E-state index in [1.807, 2.05) is 13.8 Å². The van der Waals surface area contributed by atoms with Gasteiger partial charge in [-0.2, -0.15) is 0 Å². The Morgan fingerprint density at radius 3 is 2.50 bits per heavy atom. The Balaban J connectivity index is 2.73. The van der Waals surface area contributed by atoms with Crippen molar-refractivity contribution in [3.05, 3.63) is 16.5 Å². The Morgan fingerprint density at radius 2 is 2.05 bits per heavy atom. The fourth-order valence-corrected chi connectivity index (χ4v) is 3.45. The maximum absolute atomic E-state index is 11.9. The van der Waals surface area contributed by atoms with Gasteiger partial charge < -0.3 is 9.47 Å². The number of esters is 1. The monoisotopic (exact) mass is 321 g/mol. The van der Waals surface area contributed by atoms with Gasteiger partial charge in [0.15, 0.2) is 0 Å². The van der Waals surface area contributed by atoms with Crippen LogP contribution in [0.15, 0.2) is 9.59 Å². The van der Waals surface area contributed by atoms with Gasteiger partial charge in [-0.05, 0) is 26.3 Å². The highest BCUT2D eigenvalue weighted by Crippen LogP contribution is 2.26. The largest absolute Gasteiger partial charge is 0.462 e. The molecule has 1 heterocycles. The Morgan fingerprint density at radius 1 is 1.45 bits per heavy atom. The maximum Gasteiger partial charge on any atom is 0.339 e. The molecular formula is C12H19NO5S2. The first kappa shape index (κ1) is 17.1. The first-order chi connectivity index (χ1) is 9.08. The summed E-state index contributed by atoms with van der Waals surface area (Å²) in [5.74, 6) is -0.555. The third-order valence-electron chi connectivity index (χ3n) is 2.96. The van der Waals surface area contributed by atoms with E-state index >= 15 is 0 Å². The van der Waals surface area contributed by atoms with E-state index in [1.165, 1.54) is 12.3 Å². The molecule has 0 bridgehead atoms. The highest BCUT2D eigenvalue weighted by Gasteiger charge is 2.23. The minimum Gasteiger partial charge on any atom is -0.462 e. The van der Waals surface area contributed by atoms with Gasteiger partial charge in [-0.15, -0.1) is 11.3 Å². The van der Waals surface area contributed by atoms with E-state index in [1.54, 1.807) is 7.11 Å². The molecule has 0 aliphatic heterocycles. The van der Waals surface area contributed by atoms with Crippen LogP contribution in [0.3, 0.4) is 0 Å². The molecule has 8 heteroatoms. The molecule has 0 aliphatic carbocycles. The van der Waals surface area contributed by atoms with Crippen molar-refractivity contribution in [3.63, 3.8) is 0 Å². The second kappa shape index (κ2) is 6.21. The van der Waals surface area contributed by atoms with E-state index in [0.29, 0.717) is 12.0 Å². The van der Waals surface area contributed by atoms with Crippen LogP contribution in [0.25, 0.3) is 0 Å². The molecular weight excluding hydrogens is 302 g/mol. The average molecular weight is 321 g/mol. The van der Waals surface area contributed by atoms with Crippen LogP contribution in [0.1, 0.15) is 36.2 Å². The predicted molar refractivity (Wildman–Crippen MR) is 76.4 cm³/mol. The van der Waals surface area contributed by atoms with Crippen LogP contribution < -0.4 is 5.14 Å². The lowest BCUT2D eigenvalue weighted by Crippen LogP contribution is -2.25. The molecule has 2 N–H and O–H groups in total. The molecule has 0 amide bonds. The van der Waals surface area contributed by atoms with Crippen molar-refractivity contribution in [2.45, 2.75) is 37.0 Å². The van der Waals surface area contributed by atoms with Crippen LogP contribution in [0.2, 0.25) is 0 Å². The number of carbonyl (C=O) groups is 1. The molecule has 1 aromatic heterocycles. The minimum atomic E-state index is -3.80. The fraction of sp³-hybridized carbons (Fsp3) is 0.583. The smallest absolute Gasteiger partial charge is 0.339 e. The van der Waals surface area contributed by atoms with Gasteiger partial charge >= 0.3 is 5.97 Å². The zero-order chi connectivity index (χ0) is 15.6. The Hall–Kier alpha value is -0.960. The van der Waals surface area contributed by atoms with E-state index in [4.69, 9.17) is 14.6 Å². The number of hydrogen-bond donors (Lipinski definition) is 1. The predicted octanol–water partition coefficient (Wildman–Crippen LogP) is 1.68. The van der Waals surface area contributed by atoms with E-state index in [2.05, 4.69) is 0 Å². The number of ether oxygens (including phenoxy) is 2. The maximum atomic E-state index is 11.9. The van der Waals surface area contributed by atoms with Gasteiger partial charge in [-0.25, -0.2) is 18.4 Å². The van der Waals surface area contributed by atoms with Crippen molar-refractivity contribution in [1.29, 1.82) is 0 Å². The van der Waals surface area contributed by atoms with Gasteiger partial charge in [0.2, 0.25) is 10.0 Å². The van der Waals surface area contributed by atoms with Crippen molar-refractivity contribution in [2.24, 2.45) is 5.14 Å². The van der Waals surface area contributed by atoms with Crippen LogP contribution in [0, 0.1) is 6.92 Å². The topological polar surface area (TPSA) is 95.7 Å². The molecule has 0 atom stereocenters. The Kier molecular flexibility index (Phi) is 5.31. The molecule has 0 aromatic carbocycles. The number of thiophene rings is 1. The normalized spacial score (nSPS) is 12.4. The molecule has 1 rings (SSSR count). The molecule has 0 radical (unpaired) electrons. The van der Waals surface area contributed by atoms with Gasteiger partial charge in [0, 0.05) is 18.9 Å². The molecule has 0 saturated carbocycles. The van der Waals surface area contributed by atoms with Crippen LogP contribution >= 0.6 is 11.3 Å². The Bertz CT molecular complexity index is 589. The SMILES string of the molecule is COC(C)(C)CCOC(=O)c1csc(S(N)(=O)=O)c1C. The number of hydrogen-bond acceptors (Lipinski definition) is 6. The van der Waals surface area contributed by atoms with Crippen molar-refractivity contribution >= 4 is 27.3 Å². The summed E-state index contributed by atoms with van der Waals surface area (Å²) in [5.41, 5.74) is 0.179. The lowest BCUT2D eigenvalue weighted by molar-refractivity contribution is -0.00563. The molecule has 0 aliphatic rings. The molecule has 6 nitrogen and oxygen atoms in total. The summed E-state index contributed by atoms with van der Waals surface area (Å²) in [5, 5.41) is 6.50. The number of rotatable bonds is 6. The van der Waals surface area contributed by atoms with Crippen molar-refractivity contribution < 1.29 is 22.7 Å². The summed E-state index contributed by atoms with van der Waals surface area (Å²) in [6.07, 6.45) is 0.542. The summed E-state index contributed by atoms with van der Waals surface area (Å²) in [6, 6.07) is 0. The summed E-state index contributed by atoms with van der Waals surface area (Å²) >= 11 is 0.916. The standard InChI is InChI=1S/C12H19NO5S2/c1-8-9(7-19-11(8)20(13,15)16)10(14)18-6-5-12(2,3)17-4/h7H,5-6H2,1-4H3,(H2,13,15,16). The van der Waals surface area contributed by atoms with Crippen molar-refractivity contribution in [1.82, 2.24) is 0 Å². The lowest BCUT2D eigenvalue weighted by Gasteiger charge is -2.22. The summed E-state index contributed by atoms with van der Waals surface area (Å²) in [4.78, 5) is 11.9. The van der Waals surface area contributed by atoms with Gasteiger partial charge in [0.1, 0.15) is 4.21 Å². The Labute approximate surface area is 122 Å². The van der Waals surface area contributed by atoms with Crippen molar-refractivity contribution in [3.8, 4) is 0 Å². The summed E-state index contributed by atoms with van der Waals surface area (Å²) < 4.78 is 32.9. The molecule has 0 spiro atoms. The van der Waals surface area contributed by atoms with E-state index in [0.717, 1.165) is 11.3 Å². The zero-order valence-electron chi connectivity index (χ0n) is 11.9. The van der Waals surface area contributed by atoms with Crippen molar-refractivity contribution in [2.75, 3.05) is 13.7 Å². The van der Waals surface area contributed by atoms with E-state index in [9.17, 15) is 13.2 Å². The van der Waals surface area contributed by atoms with Gasteiger partial charge in [0.25, 0.3) is 0 Å². The summed E-state index contributed by atoms with van der Waals surface area (Å²) in [7, 11) is -2.22. The van der Waals surface area contributed by atoms with Gasteiger partial charge in [0.05, 0.1) is 17.8 Å². The molecule has 114 valence electrons. The number of methoxy groups -OCH3 is 1. The first-order valence-electron chi connectivity index (χ1n) is 5.91. The zero-order valence-corrected chi connectivity index (χ0v) is 13.6. The van der Waals surface area contributed by atoms with E-state index < -0.39 is 16.0 Å². The van der Waals surface area contributed by atoms with Gasteiger partial charge in [-0.1, -0.05) is 0 Å². The second-order valence-corrected chi connectivity index (χ2v) is 7.59. The quantitative estimate of drug-likeness (QED) is 0.804. The number of primary sulfonamides is 1. The van der Waals surface area contributed by atoms with Crippen LogP contribution in [-0.2, 0) is 19.5 Å². The highest BCUT2D eigenvalue weighted by atomic mass is 32.2. The van der Waals surface area contributed by atoms with Crippen LogP contribution in [-0.4, -0.2) is 33.7 Å². The van der Waals surface area contributed by atoms with E-state index in [-0.39, 0.29) is 22.0 Å².